The quantitative estimate of drug-likeness (QED) is 0.564. The number of thioether (sulfide) groups is 1. The van der Waals surface area contributed by atoms with Crippen LogP contribution in [0, 0.1) is 0 Å². The third-order valence-electron chi connectivity index (χ3n) is 3.37. The molecule has 0 saturated carbocycles. The number of nitrogens with zero attached hydrogens (tertiary/aromatic N) is 2. The van der Waals surface area contributed by atoms with E-state index in [-0.39, 0.29) is 0 Å². The summed E-state index contributed by atoms with van der Waals surface area (Å²) in [6.45, 7) is 0. The Hall–Kier alpha value is -1.42. The van der Waals surface area contributed by atoms with Crippen molar-refractivity contribution in [2.45, 2.75) is 10.9 Å². The molecule has 0 spiro atoms. The molecule has 0 fully saturated rings. The van der Waals surface area contributed by atoms with Crippen molar-refractivity contribution in [1.82, 2.24) is 9.55 Å². The van der Waals surface area contributed by atoms with E-state index < -0.39 is 0 Å². The van der Waals surface area contributed by atoms with E-state index in [1.54, 1.807) is 11.8 Å². The fraction of sp³-hybridized carbons (Fsp3) is 0.118. The highest BCUT2D eigenvalue weighted by Crippen LogP contribution is 2.28. The van der Waals surface area contributed by atoms with Gasteiger partial charge in [-0.2, -0.15) is 0 Å². The molecule has 0 saturated heterocycles. The molecule has 2 nitrogen and oxygen atoms in total. The fourth-order valence-electron chi connectivity index (χ4n) is 2.14. The van der Waals surface area contributed by atoms with Crippen molar-refractivity contribution >= 4 is 35.0 Å². The Morgan fingerprint density at radius 3 is 2.18 bits per heavy atom. The number of halogens is 2. The second kappa shape index (κ2) is 6.78. The van der Waals surface area contributed by atoms with Gasteiger partial charge >= 0.3 is 0 Å². The van der Waals surface area contributed by atoms with Crippen molar-refractivity contribution < 1.29 is 0 Å². The van der Waals surface area contributed by atoms with Gasteiger partial charge in [0, 0.05) is 22.8 Å². The summed E-state index contributed by atoms with van der Waals surface area (Å²) in [5, 5.41) is 2.49. The Bertz CT molecular complexity index is 764. The largest absolute Gasteiger partial charge is 0.322 e. The van der Waals surface area contributed by atoms with Gasteiger partial charge in [-0.05, 0) is 35.4 Å². The Labute approximate surface area is 144 Å². The summed E-state index contributed by atoms with van der Waals surface area (Å²) in [6.07, 6.45) is 1.90. The first kappa shape index (κ1) is 15.5. The Balaban J connectivity index is 1.75. The Kier molecular flexibility index (Phi) is 4.77. The Morgan fingerprint density at radius 1 is 0.955 bits per heavy atom. The number of rotatable bonds is 4. The normalized spacial score (nSPS) is 10.9. The topological polar surface area (TPSA) is 17.8 Å². The van der Waals surface area contributed by atoms with Crippen LogP contribution in [-0.2, 0) is 12.8 Å². The fourth-order valence-corrected chi connectivity index (χ4v) is 3.30. The van der Waals surface area contributed by atoms with E-state index in [0.717, 1.165) is 32.2 Å². The van der Waals surface area contributed by atoms with Gasteiger partial charge in [-0.15, -0.1) is 0 Å². The lowest BCUT2D eigenvalue weighted by molar-refractivity contribution is 0.796. The van der Waals surface area contributed by atoms with Gasteiger partial charge in [0.2, 0.25) is 0 Å². The molecule has 3 rings (SSSR count). The molecule has 22 heavy (non-hydrogen) atoms. The summed E-state index contributed by atoms with van der Waals surface area (Å²) in [4.78, 5) is 4.51. The van der Waals surface area contributed by atoms with E-state index >= 15 is 0 Å². The SMILES string of the molecule is Cn1c(-c2ccc(Cl)cc2)cnc1SCc1ccc(Cl)cc1. The summed E-state index contributed by atoms with van der Waals surface area (Å²) < 4.78 is 2.10. The first-order chi connectivity index (χ1) is 10.6. The summed E-state index contributed by atoms with van der Waals surface area (Å²) >= 11 is 13.5. The van der Waals surface area contributed by atoms with Crippen molar-refractivity contribution in [2.24, 2.45) is 7.05 Å². The molecule has 1 heterocycles. The van der Waals surface area contributed by atoms with Gasteiger partial charge in [-0.3, -0.25) is 0 Å². The molecule has 2 aromatic carbocycles. The van der Waals surface area contributed by atoms with Crippen LogP contribution in [0.5, 0.6) is 0 Å². The molecule has 3 aromatic rings. The van der Waals surface area contributed by atoms with Gasteiger partial charge in [0.25, 0.3) is 0 Å². The summed E-state index contributed by atoms with van der Waals surface area (Å²) in [5.41, 5.74) is 3.42. The standard InChI is InChI=1S/C17H14Cl2N2S/c1-21-16(13-4-8-15(19)9-5-13)10-20-17(21)22-11-12-2-6-14(18)7-3-12/h2-10H,11H2,1H3. The zero-order valence-corrected chi connectivity index (χ0v) is 14.3. The molecule has 1 aromatic heterocycles. The molecule has 0 N–H and O–H groups in total. The van der Waals surface area contributed by atoms with Crippen molar-refractivity contribution in [3.8, 4) is 11.3 Å². The highest BCUT2D eigenvalue weighted by Gasteiger charge is 2.09. The lowest BCUT2D eigenvalue weighted by atomic mass is 10.2. The van der Waals surface area contributed by atoms with E-state index in [9.17, 15) is 0 Å². The number of benzene rings is 2. The summed E-state index contributed by atoms with van der Waals surface area (Å²) in [5.74, 6) is 0.863. The average Bonchev–Trinajstić information content (AvgIpc) is 2.89. The van der Waals surface area contributed by atoms with Crippen LogP contribution in [0.4, 0.5) is 0 Å². The lowest BCUT2D eigenvalue weighted by Crippen LogP contribution is -1.94. The van der Waals surface area contributed by atoms with Crippen molar-refractivity contribution in [1.29, 1.82) is 0 Å². The number of imidazole rings is 1. The summed E-state index contributed by atoms with van der Waals surface area (Å²) in [6, 6.07) is 15.7. The average molecular weight is 349 g/mol. The predicted octanol–water partition coefficient (Wildman–Crippen LogP) is 5.69. The molecular weight excluding hydrogens is 335 g/mol. The second-order valence-corrected chi connectivity index (χ2v) is 6.72. The summed E-state index contributed by atoms with van der Waals surface area (Å²) in [7, 11) is 2.03. The van der Waals surface area contributed by atoms with E-state index in [1.165, 1.54) is 5.56 Å². The molecular formula is C17H14Cl2N2S. The van der Waals surface area contributed by atoms with Gasteiger partial charge in [0.1, 0.15) is 0 Å². The maximum atomic E-state index is 5.94. The minimum atomic E-state index is 0.739. The van der Waals surface area contributed by atoms with Gasteiger partial charge in [-0.25, -0.2) is 4.98 Å². The minimum Gasteiger partial charge on any atom is -0.322 e. The molecule has 0 amide bonds. The highest BCUT2D eigenvalue weighted by molar-refractivity contribution is 7.98. The molecule has 0 radical (unpaired) electrons. The highest BCUT2D eigenvalue weighted by atomic mass is 35.5. The third-order valence-corrected chi connectivity index (χ3v) is 4.99. The van der Waals surface area contributed by atoms with Crippen LogP contribution in [0.1, 0.15) is 5.56 Å². The monoisotopic (exact) mass is 348 g/mol. The second-order valence-electron chi connectivity index (χ2n) is 4.91. The number of aromatic nitrogens is 2. The van der Waals surface area contributed by atoms with Crippen LogP contribution < -0.4 is 0 Å². The maximum absolute atomic E-state index is 5.94. The van der Waals surface area contributed by atoms with Gasteiger partial charge < -0.3 is 4.57 Å². The van der Waals surface area contributed by atoms with Crippen LogP contribution >= 0.6 is 35.0 Å². The van der Waals surface area contributed by atoms with Crippen LogP contribution in [0.2, 0.25) is 10.0 Å². The van der Waals surface area contributed by atoms with Crippen molar-refractivity contribution in [2.75, 3.05) is 0 Å². The zero-order chi connectivity index (χ0) is 15.5. The first-order valence-electron chi connectivity index (χ1n) is 6.78. The van der Waals surface area contributed by atoms with E-state index in [2.05, 4.69) is 9.55 Å². The first-order valence-corrected chi connectivity index (χ1v) is 8.52. The van der Waals surface area contributed by atoms with Crippen molar-refractivity contribution in [3.05, 3.63) is 70.3 Å². The Morgan fingerprint density at radius 2 is 1.55 bits per heavy atom. The smallest absolute Gasteiger partial charge is 0.168 e. The molecule has 0 aliphatic heterocycles. The van der Waals surface area contributed by atoms with Crippen molar-refractivity contribution in [3.63, 3.8) is 0 Å². The van der Waals surface area contributed by atoms with Gasteiger partial charge in [0.05, 0.1) is 11.9 Å². The number of hydrogen-bond donors (Lipinski definition) is 0. The predicted molar refractivity (Wildman–Crippen MR) is 94.7 cm³/mol. The van der Waals surface area contributed by atoms with Crippen LogP contribution in [0.3, 0.4) is 0 Å². The van der Waals surface area contributed by atoms with Gasteiger partial charge in [0.15, 0.2) is 5.16 Å². The molecule has 0 bridgehead atoms. The third kappa shape index (κ3) is 3.49. The molecule has 0 unspecified atom stereocenters. The van der Waals surface area contributed by atoms with E-state index in [1.807, 2.05) is 61.8 Å². The van der Waals surface area contributed by atoms with E-state index in [0.29, 0.717) is 0 Å². The maximum Gasteiger partial charge on any atom is 0.168 e. The van der Waals surface area contributed by atoms with Crippen LogP contribution in [0.25, 0.3) is 11.3 Å². The molecule has 0 atom stereocenters. The molecule has 0 aliphatic carbocycles. The molecule has 112 valence electrons. The van der Waals surface area contributed by atoms with Crippen LogP contribution in [-0.4, -0.2) is 9.55 Å². The zero-order valence-electron chi connectivity index (χ0n) is 12.0. The number of hydrogen-bond acceptors (Lipinski definition) is 2. The lowest BCUT2D eigenvalue weighted by Gasteiger charge is -2.06. The van der Waals surface area contributed by atoms with Crippen LogP contribution in [0.15, 0.2) is 59.9 Å². The van der Waals surface area contributed by atoms with E-state index in [4.69, 9.17) is 23.2 Å². The molecule has 5 heteroatoms. The molecule has 0 aliphatic rings. The van der Waals surface area contributed by atoms with Gasteiger partial charge in [-0.1, -0.05) is 59.2 Å². The minimum absolute atomic E-state index is 0.739.